The Morgan fingerprint density at radius 3 is 2.33 bits per heavy atom. The van der Waals surface area contributed by atoms with E-state index in [0.29, 0.717) is 6.61 Å². The van der Waals surface area contributed by atoms with Gasteiger partial charge in [0.15, 0.2) is 12.6 Å². The average molecular weight is 258 g/mol. The smallest absolute Gasteiger partial charge is 0.181 e. The van der Waals surface area contributed by atoms with E-state index in [9.17, 15) is 15.3 Å². The molecule has 0 bridgehead atoms. The van der Waals surface area contributed by atoms with Gasteiger partial charge < -0.3 is 20.1 Å². The first-order valence-corrected chi connectivity index (χ1v) is 6.55. The molecule has 0 spiro atoms. The van der Waals surface area contributed by atoms with Crippen molar-refractivity contribution in [3.05, 3.63) is 24.3 Å². The molecule has 0 amide bonds. The molecule has 4 nitrogen and oxygen atoms in total. The monoisotopic (exact) mass is 258 g/mol. The van der Waals surface area contributed by atoms with Crippen LogP contribution < -0.4 is 0 Å². The van der Waals surface area contributed by atoms with Gasteiger partial charge >= 0.3 is 0 Å². The van der Waals surface area contributed by atoms with Crippen LogP contribution in [0.25, 0.3) is 0 Å². The molecule has 0 fully saturated rings. The molecule has 0 rings (SSSR count). The topological polar surface area (TPSA) is 69.9 Å². The van der Waals surface area contributed by atoms with Crippen molar-refractivity contribution in [1.29, 1.82) is 0 Å². The maximum atomic E-state index is 9.76. The Labute approximate surface area is 110 Å². The van der Waals surface area contributed by atoms with E-state index in [1.54, 1.807) is 12.2 Å². The fourth-order valence-corrected chi connectivity index (χ4v) is 1.75. The molecular weight excluding hydrogens is 232 g/mol. The highest BCUT2D eigenvalue weighted by atomic mass is 16.6. The Kier molecular flexibility index (Phi) is 9.87. The fourth-order valence-electron chi connectivity index (χ4n) is 1.75. The molecule has 0 saturated carbocycles. The largest absolute Gasteiger partial charge is 0.364 e. The first-order chi connectivity index (χ1) is 8.56. The molecule has 0 aromatic carbocycles. The molecule has 2 atom stereocenters. The molecule has 0 aliphatic heterocycles. The summed E-state index contributed by atoms with van der Waals surface area (Å²) >= 11 is 0. The van der Waals surface area contributed by atoms with Crippen LogP contribution in [0, 0.1) is 5.92 Å². The summed E-state index contributed by atoms with van der Waals surface area (Å²) in [4.78, 5) is 0. The highest BCUT2D eigenvalue weighted by Gasteiger charge is 2.19. The quantitative estimate of drug-likeness (QED) is 0.414. The molecule has 0 saturated heterocycles. The van der Waals surface area contributed by atoms with Gasteiger partial charge in [0.25, 0.3) is 0 Å². The third-order valence-corrected chi connectivity index (χ3v) is 2.62. The normalized spacial score (nSPS) is 15.8. The standard InChI is InChI=1S/C14H26O4/c1-4-7-11(8-5-2)10-12(13(15)16)14(17)18-9-6-3/h4,10-11,13-17H,1,5-9H2,2-3H3/b12-10-. The molecular formula is C14H26O4. The minimum atomic E-state index is -1.69. The van der Waals surface area contributed by atoms with Crippen LogP contribution in [-0.2, 0) is 4.74 Å². The predicted molar refractivity (Wildman–Crippen MR) is 71.8 cm³/mol. The molecule has 106 valence electrons. The minimum absolute atomic E-state index is 0.115. The number of aliphatic hydroxyl groups is 3. The van der Waals surface area contributed by atoms with E-state index in [-0.39, 0.29) is 11.5 Å². The number of aliphatic hydroxyl groups excluding tert-OH is 2. The second kappa shape index (κ2) is 10.3. The van der Waals surface area contributed by atoms with Crippen LogP contribution in [0.4, 0.5) is 0 Å². The molecule has 0 aliphatic rings. The number of rotatable bonds is 10. The van der Waals surface area contributed by atoms with Gasteiger partial charge in [0.05, 0.1) is 0 Å². The maximum absolute atomic E-state index is 9.76. The first kappa shape index (κ1) is 17.3. The van der Waals surface area contributed by atoms with Gasteiger partial charge in [0, 0.05) is 12.2 Å². The zero-order valence-electron chi connectivity index (χ0n) is 11.4. The van der Waals surface area contributed by atoms with Gasteiger partial charge in [-0.15, -0.1) is 6.58 Å². The van der Waals surface area contributed by atoms with Gasteiger partial charge in [0.1, 0.15) is 0 Å². The van der Waals surface area contributed by atoms with Crippen LogP contribution in [0.15, 0.2) is 24.3 Å². The summed E-state index contributed by atoms with van der Waals surface area (Å²) in [5.74, 6) is 0.143. The van der Waals surface area contributed by atoms with Gasteiger partial charge in [-0.1, -0.05) is 32.4 Å². The predicted octanol–water partition coefficient (Wildman–Crippen LogP) is 1.96. The van der Waals surface area contributed by atoms with E-state index in [4.69, 9.17) is 4.74 Å². The van der Waals surface area contributed by atoms with Crippen molar-refractivity contribution < 1.29 is 20.1 Å². The summed E-state index contributed by atoms with van der Waals surface area (Å²) in [5, 5.41) is 28.3. The number of hydrogen-bond acceptors (Lipinski definition) is 4. The zero-order chi connectivity index (χ0) is 14.0. The number of hydrogen-bond donors (Lipinski definition) is 3. The van der Waals surface area contributed by atoms with Gasteiger partial charge in [-0.3, -0.25) is 0 Å². The summed E-state index contributed by atoms with van der Waals surface area (Å²) < 4.78 is 5.11. The lowest BCUT2D eigenvalue weighted by Crippen LogP contribution is -2.25. The van der Waals surface area contributed by atoms with Crippen molar-refractivity contribution in [3.63, 3.8) is 0 Å². The third-order valence-electron chi connectivity index (χ3n) is 2.62. The summed E-state index contributed by atoms with van der Waals surface area (Å²) in [6.45, 7) is 8.04. The molecule has 0 radical (unpaired) electrons. The second-order valence-electron chi connectivity index (χ2n) is 4.34. The lowest BCUT2D eigenvalue weighted by molar-refractivity contribution is -0.109. The second-order valence-corrected chi connectivity index (χ2v) is 4.34. The van der Waals surface area contributed by atoms with Crippen molar-refractivity contribution in [1.82, 2.24) is 0 Å². The van der Waals surface area contributed by atoms with Crippen molar-refractivity contribution >= 4 is 0 Å². The lowest BCUT2D eigenvalue weighted by atomic mass is 9.96. The fraction of sp³-hybridized carbons (Fsp3) is 0.714. The van der Waals surface area contributed by atoms with Crippen LogP contribution in [-0.4, -0.2) is 34.5 Å². The summed E-state index contributed by atoms with van der Waals surface area (Å²) in [7, 11) is 0. The van der Waals surface area contributed by atoms with Crippen molar-refractivity contribution in [3.8, 4) is 0 Å². The van der Waals surface area contributed by atoms with Gasteiger partial charge in [-0.05, 0) is 25.2 Å². The van der Waals surface area contributed by atoms with Crippen LogP contribution in [0.5, 0.6) is 0 Å². The van der Waals surface area contributed by atoms with Crippen molar-refractivity contribution in [2.45, 2.75) is 52.1 Å². The van der Waals surface area contributed by atoms with E-state index >= 15 is 0 Å². The highest BCUT2D eigenvalue weighted by Crippen LogP contribution is 2.19. The molecule has 18 heavy (non-hydrogen) atoms. The Morgan fingerprint density at radius 1 is 1.22 bits per heavy atom. The molecule has 0 aliphatic carbocycles. The summed E-state index contributed by atoms with van der Waals surface area (Å²) in [5.41, 5.74) is 0.115. The first-order valence-electron chi connectivity index (χ1n) is 6.55. The minimum Gasteiger partial charge on any atom is -0.364 e. The van der Waals surface area contributed by atoms with Crippen LogP contribution >= 0.6 is 0 Å². The average Bonchev–Trinajstić information content (AvgIpc) is 2.33. The van der Waals surface area contributed by atoms with Crippen LogP contribution in [0.1, 0.15) is 39.5 Å². The van der Waals surface area contributed by atoms with E-state index < -0.39 is 12.6 Å². The summed E-state index contributed by atoms with van der Waals surface area (Å²) in [6.07, 6.45) is 3.92. The molecule has 3 N–H and O–H groups in total. The third kappa shape index (κ3) is 6.91. The Morgan fingerprint density at radius 2 is 1.89 bits per heavy atom. The summed E-state index contributed by atoms with van der Waals surface area (Å²) in [6, 6.07) is 0. The van der Waals surface area contributed by atoms with Gasteiger partial charge in [0.2, 0.25) is 0 Å². The van der Waals surface area contributed by atoms with E-state index in [1.165, 1.54) is 0 Å². The molecule has 0 aromatic heterocycles. The number of ether oxygens (including phenoxy) is 1. The van der Waals surface area contributed by atoms with Crippen molar-refractivity contribution in [2.75, 3.05) is 6.61 Å². The maximum Gasteiger partial charge on any atom is 0.181 e. The Balaban J connectivity index is 4.75. The SMILES string of the molecule is C=CCC(/C=C(/C(O)O)C(O)OCCC)CCC. The highest BCUT2D eigenvalue weighted by molar-refractivity contribution is 5.10. The van der Waals surface area contributed by atoms with Crippen LogP contribution in [0.2, 0.25) is 0 Å². The van der Waals surface area contributed by atoms with E-state index in [2.05, 4.69) is 13.5 Å². The molecule has 2 unspecified atom stereocenters. The van der Waals surface area contributed by atoms with Gasteiger partial charge in [-0.2, -0.15) is 0 Å². The Bertz CT molecular complexity index is 248. The van der Waals surface area contributed by atoms with E-state index in [0.717, 1.165) is 25.7 Å². The lowest BCUT2D eigenvalue weighted by Gasteiger charge is -2.20. The Hall–Kier alpha value is -0.680. The van der Waals surface area contributed by atoms with Crippen molar-refractivity contribution in [2.24, 2.45) is 5.92 Å². The molecule has 0 aromatic rings. The molecule has 0 heterocycles. The van der Waals surface area contributed by atoms with E-state index in [1.807, 2.05) is 6.92 Å². The van der Waals surface area contributed by atoms with Gasteiger partial charge in [-0.25, -0.2) is 0 Å². The number of allylic oxidation sites excluding steroid dienone is 2. The van der Waals surface area contributed by atoms with Crippen LogP contribution in [0.3, 0.4) is 0 Å². The molecule has 4 heteroatoms. The zero-order valence-corrected chi connectivity index (χ0v) is 11.4.